The third-order valence-electron chi connectivity index (χ3n) is 3.62. The van der Waals surface area contributed by atoms with Crippen molar-refractivity contribution in [1.29, 1.82) is 0 Å². The van der Waals surface area contributed by atoms with Gasteiger partial charge in [-0.05, 0) is 37.1 Å². The van der Waals surface area contributed by atoms with E-state index in [4.69, 9.17) is 5.73 Å². The van der Waals surface area contributed by atoms with Crippen molar-refractivity contribution in [1.82, 2.24) is 4.31 Å². The summed E-state index contributed by atoms with van der Waals surface area (Å²) in [7, 11) is -3.37. The van der Waals surface area contributed by atoms with Crippen molar-refractivity contribution in [3.8, 4) is 0 Å². The van der Waals surface area contributed by atoms with Crippen LogP contribution >= 0.6 is 11.8 Å². The van der Waals surface area contributed by atoms with Crippen molar-refractivity contribution in [2.75, 3.05) is 19.6 Å². The second-order valence-corrected chi connectivity index (χ2v) is 9.44. The maximum atomic E-state index is 12.7. The van der Waals surface area contributed by atoms with Crippen LogP contribution in [0.2, 0.25) is 0 Å². The van der Waals surface area contributed by atoms with E-state index in [1.165, 1.54) is 0 Å². The molecule has 0 saturated carbocycles. The Balaban J connectivity index is 2.15. The number of aryl methyl sites for hydroxylation is 1. The van der Waals surface area contributed by atoms with E-state index < -0.39 is 10.0 Å². The lowest BCUT2D eigenvalue weighted by Crippen LogP contribution is -2.43. The Bertz CT molecular complexity index is 548. The lowest BCUT2D eigenvalue weighted by atomic mass is 10.1. The van der Waals surface area contributed by atoms with Gasteiger partial charge in [0.15, 0.2) is 0 Å². The van der Waals surface area contributed by atoms with Crippen molar-refractivity contribution >= 4 is 21.8 Å². The van der Waals surface area contributed by atoms with Gasteiger partial charge in [-0.1, -0.05) is 26.0 Å². The Labute approximate surface area is 132 Å². The lowest BCUT2D eigenvalue weighted by molar-refractivity contribution is 0.405. The predicted octanol–water partition coefficient (Wildman–Crippen LogP) is 2.09. The van der Waals surface area contributed by atoms with Crippen molar-refractivity contribution in [2.45, 2.75) is 42.1 Å². The first-order valence-electron chi connectivity index (χ1n) is 7.38. The number of hydrogen-bond donors (Lipinski definition) is 1. The molecule has 2 atom stereocenters. The van der Waals surface area contributed by atoms with E-state index in [0.29, 0.717) is 35.0 Å². The molecule has 118 valence electrons. The van der Waals surface area contributed by atoms with E-state index in [0.717, 1.165) is 18.4 Å². The van der Waals surface area contributed by atoms with Gasteiger partial charge in [-0.2, -0.15) is 16.1 Å². The van der Waals surface area contributed by atoms with E-state index in [1.807, 2.05) is 23.9 Å². The minimum absolute atomic E-state index is 0.340. The molecule has 0 bridgehead atoms. The van der Waals surface area contributed by atoms with Gasteiger partial charge in [-0.25, -0.2) is 8.42 Å². The average molecular weight is 329 g/mol. The molecule has 21 heavy (non-hydrogen) atoms. The molecule has 1 fully saturated rings. The van der Waals surface area contributed by atoms with Crippen LogP contribution in [0.25, 0.3) is 0 Å². The van der Waals surface area contributed by atoms with Crippen LogP contribution in [0.15, 0.2) is 29.2 Å². The fraction of sp³-hybridized carbons (Fsp3) is 0.600. The molecule has 0 spiro atoms. The summed E-state index contributed by atoms with van der Waals surface area (Å²) in [4.78, 5) is 0.394. The first-order valence-corrected chi connectivity index (χ1v) is 9.76. The minimum atomic E-state index is -3.37. The maximum Gasteiger partial charge on any atom is 0.243 e. The molecule has 0 aromatic heterocycles. The molecule has 1 aromatic carbocycles. The Hall–Kier alpha value is -0.560. The number of benzene rings is 1. The van der Waals surface area contributed by atoms with Crippen LogP contribution in [-0.2, 0) is 16.4 Å². The van der Waals surface area contributed by atoms with Gasteiger partial charge in [0.1, 0.15) is 0 Å². The van der Waals surface area contributed by atoms with Gasteiger partial charge in [-0.15, -0.1) is 0 Å². The minimum Gasteiger partial charge on any atom is -0.330 e. The van der Waals surface area contributed by atoms with Gasteiger partial charge < -0.3 is 5.73 Å². The highest BCUT2D eigenvalue weighted by Gasteiger charge is 2.31. The lowest BCUT2D eigenvalue weighted by Gasteiger charge is -2.33. The Morgan fingerprint density at radius 3 is 2.29 bits per heavy atom. The molecule has 1 saturated heterocycles. The number of nitrogens with zero attached hydrogens (tertiary/aromatic N) is 1. The summed E-state index contributed by atoms with van der Waals surface area (Å²) in [6.07, 6.45) is 1.82. The zero-order valence-corrected chi connectivity index (χ0v) is 14.3. The van der Waals surface area contributed by atoms with E-state index in [9.17, 15) is 8.42 Å². The molecule has 1 heterocycles. The van der Waals surface area contributed by atoms with Crippen LogP contribution in [-0.4, -0.2) is 42.9 Å². The summed E-state index contributed by atoms with van der Waals surface area (Å²) in [5.41, 5.74) is 6.63. The third kappa shape index (κ3) is 4.22. The standard InChI is InChI=1S/C15H24N2O2S2/c1-12-10-17(11-13(2)20-12)21(18,19)15-7-5-14(6-8-15)4-3-9-16/h5-8,12-13H,3-4,9-11,16H2,1-2H3. The topological polar surface area (TPSA) is 63.4 Å². The molecule has 2 N–H and O–H groups in total. The van der Waals surface area contributed by atoms with Crippen molar-refractivity contribution in [3.05, 3.63) is 29.8 Å². The Morgan fingerprint density at radius 1 is 1.19 bits per heavy atom. The van der Waals surface area contributed by atoms with E-state index >= 15 is 0 Å². The first kappa shape index (κ1) is 16.8. The number of sulfonamides is 1. The van der Waals surface area contributed by atoms with Crippen molar-refractivity contribution in [2.24, 2.45) is 5.73 Å². The molecule has 0 aliphatic carbocycles. The summed E-state index contributed by atoms with van der Waals surface area (Å²) in [5.74, 6) is 0. The SMILES string of the molecule is CC1CN(S(=O)(=O)c2ccc(CCCN)cc2)CC(C)S1. The van der Waals surface area contributed by atoms with Crippen LogP contribution in [0.1, 0.15) is 25.8 Å². The normalized spacial score (nSPS) is 24.1. The number of thioether (sulfide) groups is 1. The summed E-state index contributed by atoms with van der Waals surface area (Å²) in [6, 6.07) is 7.23. The van der Waals surface area contributed by atoms with E-state index in [1.54, 1.807) is 16.4 Å². The molecule has 1 aromatic rings. The summed E-state index contributed by atoms with van der Waals surface area (Å²) in [6.45, 7) is 6.00. The zero-order valence-electron chi connectivity index (χ0n) is 12.7. The van der Waals surface area contributed by atoms with Crippen LogP contribution < -0.4 is 5.73 Å². The molecule has 2 rings (SSSR count). The molecule has 1 aliphatic rings. The van der Waals surface area contributed by atoms with Gasteiger partial charge >= 0.3 is 0 Å². The number of hydrogen-bond acceptors (Lipinski definition) is 4. The number of nitrogens with two attached hydrogens (primary N) is 1. The largest absolute Gasteiger partial charge is 0.330 e. The second kappa shape index (κ2) is 7.13. The van der Waals surface area contributed by atoms with E-state index in [-0.39, 0.29) is 0 Å². The monoisotopic (exact) mass is 328 g/mol. The first-order chi connectivity index (χ1) is 9.93. The van der Waals surface area contributed by atoms with Gasteiger partial charge in [0.05, 0.1) is 4.90 Å². The van der Waals surface area contributed by atoms with Gasteiger partial charge in [0, 0.05) is 23.6 Å². The quantitative estimate of drug-likeness (QED) is 0.899. The van der Waals surface area contributed by atoms with Crippen molar-refractivity contribution < 1.29 is 8.42 Å². The van der Waals surface area contributed by atoms with Crippen LogP contribution in [0, 0.1) is 0 Å². The summed E-state index contributed by atoms with van der Waals surface area (Å²) < 4.78 is 27.0. The fourth-order valence-corrected chi connectivity index (χ4v) is 5.74. The molecular weight excluding hydrogens is 304 g/mol. The molecule has 2 unspecified atom stereocenters. The Kier molecular flexibility index (Phi) is 5.71. The van der Waals surface area contributed by atoms with Crippen LogP contribution in [0.3, 0.4) is 0 Å². The highest BCUT2D eigenvalue weighted by Crippen LogP contribution is 2.28. The zero-order chi connectivity index (χ0) is 15.5. The molecule has 0 radical (unpaired) electrons. The molecule has 6 heteroatoms. The summed E-state index contributed by atoms with van der Waals surface area (Å²) >= 11 is 1.85. The summed E-state index contributed by atoms with van der Waals surface area (Å²) in [5, 5.41) is 0.680. The van der Waals surface area contributed by atoms with Gasteiger partial charge in [0.25, 0.3) is 0 Å². The van der Waals surface area contributed by atoms with Crippen LogP contribution in [0.4, 0.5) is 0 Å². The second-order valence-electron chi connectivity index (χ2n) is 5.62. The molecular formula is C15H24N2O2S2. The van der Waals surface area contributed by atoms with E-state index in [2.05, 4.69) is 13.8 Å². The fourth-order valence-electron chi connectivity index (χ4n) is 2.61. The van der Waals surface area contributed by atoms with Gasteiger partial charge in [0.2, 0.25) is 10.0 Å². The highest BCUT2D eigenvalue weighted by atomic mass is 32.2. The molecule has 0 amide bonds. The highest BCUT2D eigenvalue weighted by molar-refractivity contribution is 8.00. The molecule has 4 nitrogen and oxygen atoms in total. The smallest absolute Gasteiger partial charge is 0.243 e. The maximum absolute atomic E-state index is 12.7. The Morgan fingerprint density at radius 2 is 1.76 bits per heavy atom. The van der Waals surface area contributed by atoms with Crippen molar-refractivity contribution in [3.63, 3.8) is 0 Å². The van der Waals surface area contributed by atoms with Crippen LogP contribution in [0.5, 0.6) is 0 Å². The predicted molar refractivity (Wildman–Crippen MR) is 89.1 cm³/mol. The van der Waals surface area contributed by atoms with Gasteiger partial charge in [-0.3, -0.25) is 0 Å². The number of rotatable bonds is 5. The molecule has 1 aliphatic heterocycles. The average Bonchev–Trinajstić information content (AvgIpc) is 2.44. The third-order valence-corrected chi connectivity index (χ3v) is 6.69.